The summed E-state index contributed by atoms with van der Waals surface area (Å²) < 4.78 is 11.3. The van der Waals surface area contributed by atoms with Gasteiger partial charge in [-0.2, -0.15) is 0 Å². The smallest absolute Gasteiger partial charge is 0.119 e. The van der Waals surface area contributed by atoms with E-state index in [0.29, 0.717) is 0 Å². The predicted molar refractivity (Wildman–Crippen MR) is 75.6 cm³/mol. The fraction of sp³-hybridized carbons (Fsp3) is 0.467. The van der Waals surface area contributed by atoms with Gasteiger partial charge in [0.15, 0.2) is 0 Å². The molecule has 0 spiro atoms. The summed E-state index contributed by atoms with van der Waals surface area (Å²) in [5.74, 6) is 7.45. The molecule has 1 aromatic rings. The van der Waals surface area contributed by atoms with Crippen molar-refractivity contribution in [3.63, 3.8) is 0 Å². The van der Waals surface area contributed by atoms with Crippen molar-refractivity contribution in [3.05, 3.63) is 41.7 Å². The van der Waals surface area contributed by atoms with Crippen LogP contribution in [0.4, 0.5) is 0 Å². The summed E-state index contributed by atoms with van der Waals surface area (Å²) >= 11 is 0. The lowest BCUT2D eigenvalue weighted by molar-refractivity contribution is 0.168. The van der Waals surface area contributed by atoms with E-state index in [1.54, 1.807) is 0 Å². The highest BCUT2D eigenvalue weighted by Crippen LogP contribution is 2.27. The Kier molecular flexibility index (Phi) is 5.24. The minimum absolute atomic E-state index is 0.106. The molecule has 4 heteroatoms. The van der Waals surface area contributed by atoms with Crippen LogP contribution >= 0.6 is 0 Å². The molecule has 0 saturated heterocycles. The van der Waals surface area contributed by atoms with Gasteiger partial charge in [0.2, 0.25) is 0 Å². The third-order valence-corrected chi connectivity index (χ3v) is 3.08. The fourth-order valence-electron chi connectivity index (χ4n) is 2.12. The largest absolute Gasteiger partial charge is 0.496 e. The molecule has 0 amide bonds. The molecule has 3 N–H and O–H groups in total. The predicted octanol–water partition coefficient (Wildman–Crippen LogP) is 2.67. The number of hydrazine groups is 1. The van der Waals surface area contributed by atoms with Crippen LogP contribution in [0.3, 0.4) is 0 Å². The zero-order chi connectivity index (χ0) is 13.5. The molecule has 0 fully saturated rings. The molecular weight excluding hydrogens is 240 g/mol. The molecule has 0 saturated carbocycles. The van der Waals surface area contributed by atoms with Crippen LogP contribution in [0, 0.1) is 0 Å². The second kappa shape index (κ2) is 7.16. The van der Waals surface area contributed by atoms with Gasteiger partial charge in [-0.05, 0) is 43.0 Å². The summed E-state index contributed by atoms with van der Waals surface area (Å²) in [6, 6.07) is 7.88. The van der Waals surface area contributed by atoms with Crippen molar-refractivity contribution in [2.45, 2.75) is 32.2 Å². The molecule has 1 aliphatic rings. The van der Waals surface area contributed by atoms with E-state index < -0.39 is 0 Å². The highest BCUT2D eigenvalue weighted by Gasteiger charge is 2.19. The van der Waals surface area contributed by atoms with Crippen LogP contribution in [0.1, 0.15) is 37.8 Å². The standard InChI is InChI=1S/C15H22N2O2/c1-2-9-18-13-7-5-6-12(11-13)15(17-16)14-8-3-4-10-19-14/h5-8,11,15,17H,2-4,9-10,16H2,1H3. The van der Waals surface area contributed by atoms with Crippen LogP contribution in [0.2, 0.25) is 0 Å². The first kappa shape index (κ1) is 13.9. The van der Waals surface area contributed by atoms with E-state index in [0.717, 1.165) is 49.5 Å². The van der Waals surface area contributed by atoms with Gasteiger partial charge >= 0.3 is 0 Å². The highest BCUT2D eigenvalue weighted by atomic mass is 16.5. The Morgan fingerprint density at radius 2 is 2.37 bits per heavy atom. The van der Waals surface area contributed by atoms with Crippen molar-refractivity contribution in [3.8, 4) is 5.75 Å². The normalized spacial score (nSPS) is 16.4. The van der Waals surface area contributed by atoms with Crippen molar-refractivity contribution in [1.29, 1.82) is 0 Å². The molecule has 1 aliphatic heterocycles. The first-order valence-corrected chi connectivity index (χ1v) is 6.87. The molecule has 0 aliphatic carbocycles. The van der Waals surface area contributed by atoms with Crippen molar-refractivity contribution in [2.75, 3.05) is 13.2 Å². The van der Waals surface area contributed by atoms with E-state index in [9.17, 15) is 0 Å². The van der Waals surface area contributed by atoms with Crippen LogP contribution < -0.4 is 16.0 Å². The molecule has 104 valence electrons. The topological polar surface area (TPSA) is 56.5 Å². The second-order valence-corrected chi connectivity index (χ2v) is 4.62. The Hall–Kier alpha value is -1.52. The Balaban J connectivity index is 2.15. The fourth-order valence-corrected chi connectivity index (χ4v) is 2.12. The Bertz CT molecular complexity index is 432. The Morgan fingerprint density at radius 1 is 1.47 bits per heavy atom. The van der Waals surface area contributed by atoms with Crippen molar-refractivity contribution >= 4 is 0 Å². The summed E-state index contributed by atoms with van der Waals surface area (Å²) in [7, 11) is 0. The third kappa shape index (κ3) is 3.72. The number of nitrogens with one attached hydrogen (secondary N) is 1. The van der Waals surface area contributed by atoms with Gasteiger partial charge in [-0.3, -0.25) is 5.84 Å². The zero-order valence-electron chi connectivity index (χ0n) is 11.4. The van der Waals surface area contributed by atoms with Gasteiger partial charge in [0.1, 0.15) is 17.6 Å². The van der Waals surface area contributed by atoms with Gasteiger partial charge in [-0.15, -0.1) is 0 Å². The van der Waals surface area contributed by atoms with Crippen LogP contribution in [0.5, 0.6) is 5.75 Å². The maximum absolute atomic E-state index is 5.68. The van der Waals surface area contributed by atoms with Gasteiger partial charge < -0.3 is 9.47 Å². The molecular formula is C15H22N2O2. The average molecular weight is 262 g/mol. The maximum Gasteiger partial charge on any atom is 0.119 e. The summed E-state index contributed by atoms with van der Waals surface area (Å²) in [4.78, 5) is 0. The molecule has 1 heterocycles. The zero-order valence-corrected chi connectivity index (χ0v) is 11.4. The number of hydrogen-bond acceptors (Lipinski definition) is 4. The minimum atomic E-state index is -0.106. The third-order valence-electron chi connectivity index (χ3n) is 3.08. The summed E-state index contributed by atoms with van der Waals surface area (Å²) in [6.45, 7) is 3.58. The quantitative estimate of drug-likeness (QED) is 0.611. The van der Waals surface area contributed by atoms with E-state index in [-0.39, 0.29) is 6.04 Å². The molecule has 19 heavy (non-hydrogen) atoms. The monoisotopic (exact) mass is 262 g/mol. The average Bonchev–Trinajstić information content (AvgIpc) is 2.47. The number of allylic oxidation sites excluding steroid dienone is 1. The molecule has 0 radical (unpaired) electrons. The molecule has 4 nitrogen and oxygen atoms in total. The lowest BCUT2D eigenvalue weighted by Crippen LogP contribution is -2.31. The van der Waals surface area contributed by atoms with E-state index in [2.05, 4.69) is 18.4 Å². The minimum Gasteiger partial charge on any atom is -0.496 e. The first-order chi connectivity index (χ1) is 9.35. The van der Waals surface area contributed by atoms with Gasteiger partial charge in [-0.25, -0.2) is 5.43 Å². The van der Waals surface area contributed by atoms with Gasteiger partial charge in [-0.1, -0.05) is 19.1 Å². The van der Waals surface area contributed by atoms with Crippen LogP contribution in [-0.4, -0.2) is 13.2 Å². The van der Waals surface area contributed by atoms with Crippen molar-refractivity contribution in [2.24, 2.45) is 5.84 Å². The maximum atomic E-state index is 5.68. The highest BCUT2D eigenvalue weighted by molar-refractivity contribution is 5.34. The number of benzene rings is 1. The summed E-state index contributed by atoms with van der Waals surface area (Å²) in [5, 5.41) is 0. The van der Waals surface area contributed by atoms with Crippen LogP contribution in [0.25, 0.3) is 0 Å². The Morgan fingerprint density at radius 3 is 3.05 bits per heavy atom. The molecule has 1 unspecified atom stereocenters. The van der Waals surface area contributed by atoms with Crippen molar-refractivity contribution < 1.29 is 9.47 Å². The van der Waals surface area contributed by atoms with Crippen LogP contribution in [-0.2, 0) is 4.74 Å². The number of nitrogens with two attached hydrogens (primary N) is 1. The SMILES string of the molecule is CCCOc1cccc(C(NN)C2=CCCCO2)c1. The van der Waals surface area contributed by atoms with E-state index in [1.807, 2.05) is 24.3 Å². The van der Waals surface area contributed by atoms with Crippen molar-refractivity contribution in [1.82, 2.24) is 5.43 Å². The lowest BCUT2D eigenvalue weighted by Gasteiger charge is -2.23. The van der Waals surface area contributed by atoms with Crippen LogP contribution in [0.15, 0.2) is 36.1 Å². The van der Waals surface area contributed by atoms with E-state index >= 15 is 0 Å². The lowest BCUT2D eigenvalue weighted by atomic mass is 10.0. The van der Waals surface area contributed by atoms with E-state index in [4.69, 9.17) is 15.3 Å². The van der Waals surface area contributed by atoms with E-state index in [1.165, 1.54) is 0 Å². The number of hydrogen-bond donors (Lipinski definition) is 2. The van der Waals surface area contributed by atoms with Gasteiger partial charge in [0.05, 0.1) is 13.2 Å². The number of rotatable bonds is 6. The summed E-state index contributed by atoms with van der Waals surface area (Å²) in [5.41, 5.74) is 3.88. The molecule has 0 aromatic heterocycles. The molecule has 1 atom stereocenters. The van der Waals surface area contributed by atoms with Gasteiger partial charge in [0.25, 0.3) is 0 Å². The van der Waals surface area contributed by atoms with Gasteiger partial charge in [0, 0.05) is 0 Å². The number of ether oxygens (including phenoxy) is 2. The molecule has 2 rings (SSSR count). The summed E-state index contributed by atoms with van der Waals surface area (Å²) in [6.07, 6.45) is 5.21. The first-order valence-electron chi connectivity index (χ1n) is 6.87. The molecule has 0 bridgehead atoms. The second-order valence-electron chi connectivity index (χ2n) is 4.62. The Labute approximate surface area is 114 Å². The molecule has 1 aromatic carbocycles.